The van der Waals surface area contributed by atoms with E-state index < -0.39 is 0 Å². The van der Waals surface area contributed by atoms with Crippen molar-refractivity contribution in [2.24, 2.45) is 0 Å². The lowest BCUT2D eigenvalue weighted by atomic mass is 10.1. The van der Waals surface area contributed by atoms with E-state index in [0.717, 1.165) is 31.7 Å². The quantitative estimate of drug-likeness (QED) is 0.677. The van der Waals surface area contributed by atoms with Crippen LogP contribution in [-0.4, -0.2) is 21.4 Å². The second kappa shape index (κ2) is 3.47. The molecule has 0 aromatic carbocycles. The number of fused-ring (bicyclic) bond motifs is 1. The van der Waals surface area contributed by atoms with Crippen molar-refractivity contribution in [1.82, 2.24) is 15.1 Å². The smallest absolute Gasteiger partial charge is 0.0926 e. The third kappa shape index (κ3) is 1.36. The Balaban J connectivity index is 2.44. The van der Waals surface area contributed by atoms with Crippen LogP contribution in [0.5, 0.6) is 0 Å². The summed E-state index contributed by atoms with van der Waals surface area (Å²) in [5, 5.41) is 16.7. The first-order valence-corrected chi connectivity index (χ1v) is 4.75. The van der Waals surface area contributed by atoms with Crippen molar-refractivity contribution in [1.29, 1.82) is 0 Å². The number of nitrogens with zero attached hydrogens (tertiary/aromatic N) is 2. The third-order valence-corrected chi connectivity index (χ3v) is 2.54. The third-order valence-electron chi connectivity index (χ3n) is 2.54. The number of aliphatic hydroxyl groups is 1. The van der Waals surface area contributed by atoms with Crippen molar-refractivity contribution in [3.8, 4) is 0 Å². The summed E-state index contributed by atoms with van der Waals surface area (Å²) in [4.78, 5) is 0. The van der Waals surface area contributed by atoms with Gasteiger partial charge in [0, 0.05) is 37.3 Å². The van der Waals surface area contributed by atoms with Crippen LogP contribution in [0.4, 0.5) is 0 Å². The van der Waals surface area contributed by atoms with Crippen LogP contribution in [0.2, 0.25) is 0 Å². The largest absolute Gasteiger partial charge is 0.390 e. The van der Waals surface area contributed by atoms with Crippen molar-refractivity contribution in [3.05, 3.63) is 17.0 Å². The van der Waals surface area contributed by atoms with Gasteiger partial charge in [0.1, 0.15) is 0 Å². The molecule has 72 valence electrons. The van der Waals surface area contributed by atoms with Crippen LogP contribution in [0.3, 0.4) is 0 Å². The first-order chi connectivity index (χ1) is 6.36. The van der Waals surface area contributed by atoms with Gasteiger partial charge in [-0.3, -0.25) is 4.68 Å². The molecule has 0 spiro atoms. The summed E-state index contributed by atoms with van der Waals surface area (Å²) in [6.07, 6.45) is 1.02. The molecule has 4 nitrogen and oxygen atoms in total. The zero-order valence-electron chi connectivity index (χ0n) is 7.88. The Kier molecular flexibility index (Phi) is 2.33. The summed E-state index contributed by atoms with van der Waals surface area (Å²) in [6.45, 7) is 4.89. The highest BCUT2D eigenvalue weighted by Gasteiger charge is 2.18. The number of hydrogen-bond donors (Lipinski definition) is 2. The summed E-state index contributed by atoms with van der Waals surface area (Å²) in [6, 6.07) is 0. The number of aliphatic hydroxyl groups excluding tert-OH is 1. The molecule has 1 aromatic heterocycles. The fourth-order valence-electron chi connectivity index (χ4n) is 1.88. The summed E-state index contributed by atoms with van der Waals surface area (Å²) in [5.74, 6) is 0. The maximum atomic E-state index is 9.10. The zero-order valence-corrected chi connectivity index (χ0v) is 7.88. The fraction of sp³-hybridized carbons (Fsp3) is 0.667. The standard InChI is InChI=1S/C9H15N3O/c1-2-12-9-3-4-10-5-7(9)8(6-13)11-12/h10,13H,2-6H2,1H3. The maximum Gasteiger partial charge on any atom is 0.0926 e. The number of aryl methyl sites for hydroxylation is 1. The van der Waals surface area contributed by atoms with Gasteiger partial charge in [-0.05, 0) is 6.92 Å². The van der Waals surface area contributed by atoms with E-state index >= 15 is 0 Å². The molecule has 2 heterocycles. The Bertz CT molecular complexity index is 278. The number of hydrogen-bond acceptors (Lipinski definition) is 3. The van der Waals surface area contributed by atoms with Crippen LogP contribution < -0.4 is 5.32 Å². The predicted molar refractivity (Wildman–Crippen MR) is 49.2 cm³/mol. The van der Waals surface area contributed by atoms with Gasteiger partial charge in [-0.15, -0.1) is 0 Å². The Labute approximate surface area is 77.6 Å². The Hall–Kier alpha value is -0.870. The average molecular weight is 181 g/mol. The van der Waals surface area contributed by atoms with Crippen LogP contribution in [0.25, 0.3) is 0 Å². The van der Waals surface area contributed by atoms with Crippen LogP contribution >= 0.6 is 0 Å². The molecule has 0 aliphatic carbocycles. The highest BCUT2D eigenvalue weighted by molar-refractivity contribution is 5.28. The van der Waals surface area contributed by atoms with E-state index in [1.54, 1.807) is 0 Å². The molecule has 2 N–H and O–H groups in total. The molecule has 0 saturated heterocycles. The molecular weight excluding hydrogens is 166 g/mol. The first kappa shape index (κ1) is 8.72. The van der Waals surface area contributed by atoms with Gasteiger partial charge < -0.3 is 10.4 Å². The normalized spacial score (nSPS) is 15.8. The van der Waals surface area contributed by atoms with Crippen molar-refractivity contribution < 1.29 is 5.11 Å². The van der Waals surface area contributed by atoms with Crippen molar-refractivity contribution in [2.75, 3.05) is 6.54 Å². The van der Waals surface area contributed by atoms with E-state index in [9.17, 15) is 0 Å². The Morgan fingerprint density at radius 3 is 3.15 bits per heavy atom. The van der Waals surface area contributed by atoms with Crippen LogP contribution in [-0.2, 0) is 26.1 Å². The lowest BCUT2D eigenvalue weighted by molar-refractivity contribution is 0.274. The first-order valence-electron chi connectivity index (χ1n) is 4.75. The Morgan fingerprint density at radius 1 is 1.62 bits per heavy atom. The number of nitrogens with one attached hydrogen (secondary N) is 1. The summed E-state index contributed by atoms with van der Waals surface area (Å²) in [5.41, 5.74) is 3.34. The number of rotatable bonds is 2. The van der Waals surface area contributed by atoms with E-state index in [2.05, 4.69) is 17.3 Å². The molecule has 0 amide bonds. The highest BCUT2D eigenvalue weighted by Crippen LogP contribution is 2.18. The molecule has 0 fully saturated rings. The second-order valence-corrected chi connectivity index (χ2v) is 3.27. The van der Waals surface area contributed by atoms with Gasteiger partial charge in [0.2, 0.25) is 0 Å². The second-order valence-electron chi connectivity index (χ2n) is 3.27. The lowest BCUT2D eigenvalue weighted by Crippen LogP contribution is -2.25. The van der Waals surface area contributed by atoms with E-state index in [1.165, 1.54) is 11.3 Å². The molecule has 0 saturated carbocycles. The maximum absolute atomic E-state index is 9.10. The van der Waals surface area contributed by atoms with E-state index in [4.69, 9.17) is 5.11 Å². The SMILES string of the molecule is CCn1nc(CO)c2c1CCNC2. The lowest BCUT2D eigenvalue weighted by Gasteiger charge is -2.14. The summed E-state index contributed by atoms with van der Waals surface area (Å²) in [7, 11) is 0. The van der Waals surface area contributed by atoms with Gasteiger partial charge in [0.05, 0.1) is 12.3 Å². The van der Waals surface area contributed by atoms with E-state index in [0.29, 0.717) is 0 Å². The monoisotopic (exact) mass is 181 g/mol. The predicted octanol–water partition coefficient (Wildman–Crippen LogP) is 0.0410. The minimum Gasteiger partial charge on any atom is -0.390 e. The minimum absolute atomic E-state index is 0.0526. The van der Waals surface area contributed by atoms with Crippen molar-refractivity contribution in [3.63, 3.8) is 0 Å². The van der Waals surface area contributed by atoms with Gasteiger partial charge in [-0.1, -0.05) is 0 Å². The van der Waals surface area contributed by atoms with Crippen LogP contribution in [0, 0.1) is 0 Å². The molecule has 0 radical (unpaired) electrons. The molecule has 1 aromatic rings. The van der Waals surface area contributed by atoms with Crippen LogP contribution in [0.1, 0.15) is 23.9 Å². The molecule has 4 heteroatoms. The Morgan fingerprint density at radius 2 is 2.46 bits per heavy atom. The minimum atomic E-state index is 0.0526. The van der Waals surface area contributed by atoms with Crippen molar-refractivity contribution in [2.45, 2.75) is 33.0 Å². The molecule has 1 aliphatic heterocycles. The van der Waals surface area contributed by atoms with Gasteiger partial charge in [-0.2, -0.15) is 5.10 Å². The summed E-state index contributed by atoms with van der Waals surface area (Å²) >= 11 is 0. The molecular formula is C9H15N3O. The average Bonchev–Trinajstić information content (AvgIpc) is 2.56. The van der Waals surface area contributed by atoms with E-state index in [-0.39, 0.29) is 6.61 Å². The van der Waals surface area contributed by atoms with Gasteiger partial charge in [0.15, 0.2) is 0 Å². The molecule has 0 unspecified atom stereocenters. The molecule has 2 rings (SSSR count). The topological polar surface area (TPSA) is 50.1 Å². The molecule has 1 aliphatic rings. The molecule has 13 heavy (non-hydrogen) atoms. The van der Waals surface area contributed by atoms with Crippen LogP contribution in [0.15, 0.2) is 0 Å². The molecule has 0 atom stereocenters. The van der Waals surface area contributed by atoms with Crippen molar-refractivity contribution >= 4 is 0 Å². The van der Waals surface area contributed by atoms with E-state index in [1.807, 2.05) is 4.68 Å². The molecule has 0 bridgehead atoms. The van der Waals surface area contributed by atoms with Gasteiger partial charge >= 0.3 is 0 Å². The van der Waals surface area contributed by atoms with Gasteiger partial charge in [0.25, 0.3) is 0 Å². The highest BCUT2D eigenvalue weighted by atomic mass is 16.3. The summed E-state index contributed by atoms with van der Waals surface area (Å²) < 4.78 is 2.00. The van der Waals surface area contributed by atoms with Gasteiger partial charge in [-0.25, -0.2) is 0 Å². The fourth-order valence-corrected chi connectivity index (χ4v) is 1.88. The number of aromatic nitrogens is 2. The zero-order chi connectivity index (χ0) is 9.26.